The van der Waals surface area contributed by atoms with Gasteiger partial charge in [-0.1, -0.05) is 60.7 Å². The van der Waals surface area contributed by atoms with Crippen LogP contribution in [0.25, 0.3) is 0 Å². The molecule has 0 amide bonds. The van der Waals surface area contributed by atoms with E-state index >= 15 is 0 Å². The Hall–Kier alpha value is -2.10. The second-order valence-electron chi connectivity index (χ2n) is 4.43. The fourth-order valence-corrected chi connectivity index (χ4v) is 1.91. The van der Waals surface area contributed by atoms with Crippen molar-refractivity contribution in [3.8, 4) is 0 Å². The van der Waals surface area contributed by atoms with Gasteiger partial charge in [-0.2, -0.15) is 13.2 Å². The molecule has 4 heteroatoms. The molecule has 2 rings (SSSR count). The standard InChI is InChI=1S/C16H14F3N/c1-12(13-8-4-2-5-9-13)20-15(16(17,18)19)14-10-6-3-7-11-14/h2-12H,1H3/b20-15+/t12-/m0/s1. The summed E-state index contributed by atoms with van der Waals surface area (Å²) in [5.41, 5.74) is 0.00224. The van der Waals surface area contributed by atoms with Crippen LogP contribution in [0.3, 0.4) is 0 Å². The first-order chi connectivity index (χ1) is 9.48. The first kappa shape index (κ1) is 14.3. The molecule has 2 aromatic rings. The van der Waals surface area contributed by atoms with Crippen LogP contribution in [0.5, 0.6) is 0 Å². The van der Waals surface area contributed by atoms with Gasteiger partial charge in [0.05, 0.1) is 6.04 Å². The normalized spacial score (nSPS) is 14.1. The first-order valence-corrected chi connectivity index (χ1v) is 6.24. The van der Waals surface area contributed by atoms with Crippen LogP contribution in [0.2, 0.25) is 0 Å². The molecule has 0 aliphatic heterocycles. The molecule has 0 saturated carbocycles. The number of aliphatic imine (C=N–C) groups is 1. The summed E-state index contributed by atoms with van der Waals surface area (Å²) in [4.78, 5) is 3.88. The summed E-state index contributed by atoms with van der Waals surface area (Å²) in [5, 5.41) is 0. The van der Waals surface area contributed by atoms with E-state index in [2.05, 4.69) is 4.99 Å². The highest BCUT2D eigenvalue weighted by atomic mass is 19.4. The molecule has 0 fully saturated rings. The lowest BCUT2D eigenvalue weighted by Gasteiger charge is -2.14. The Labute approximate surface area is 115 Å². The van der Waals surface area contributed by atoms with Gasteiger partial charge >= 0.3 is 6.18 Å². The van der Waals surface area contributed by atoms with Gasteiger partial charge in [0.25, 0.3) is 0 Å². The molecule has 0 N–H and O–H groups in total. The molecule has 0 aliphatic carbocycles. The predicted octanol–water partition coefficient (Wildman–Crippen LogP) is 4.80. The Morgan fingerprint density at radius 3 is 1.90 bits per heavy atom. The van der Waals surface area contributed by atoms with Crippen molar-refractivity contribution in [3.05, 3.63) is 71.8 Å². The van der Waals surface area contributed by atoms with E-state index in [9.17, 15) is 13.2 Å². The van der Waals surface area contributed by atoms with Crippen molar-refractivity contribution in [3.63, 3.8) is 0 Å². The number of rotatable bonds is 3. The zero-order valence-electron chi connectivity index (χ0n) is 10.9. The number of benzene rings is 2. The predicted molar refractivity (Wildman–Crippen MR) is 73.9 cm³/mol. The lowest BCUT2D eigenvalue weighted by atomic mass is 10.1. The van der Waals surface area contributed by atoms with Crippen molar-refractivity contribution in [2.75, 3.05) is 0 Å². The van der Waals surface area contributed by atoms with Crippen LogP contribution in [0.15, 0.2) is 65.7 Å². The van der Waals surface area contributed by atoms with E-state index in [0.29, 0.717) is 0 Å². The van der Waals surface area contributed by atoms with Gasteiger partial charge in [-0.3, -0.25) is 4.99 Å². The molecule has 0 bridgehead atoms. The molecule has 1 atom stereocenters. The highest BCUT2D eigenvalue weighted by Gasteiger charge is 2.37. The van der Waals surface area contributed by atoms with Gasteiger partial charge in [0.15, 0.2) is 0 Å². The summed E-state index contributed by atoms with van der Waals surface area (Å²) in [6.45, 7) is 1.66. The fourth-order valence-electron chi connectivity index (χ4n) is 1.91. The Bertz CT molecular complexity index is 574. The molecular formula is C16H14F3N. The number of halogens is 3. The summed E-state index contributed by atoms with van der Waals surface area (Å²) >= 11 is 0. The largest absolute Gasteiger partial charge is 0.433 e. The maximum absolute atomic E-state index is 13.2. The molecular weight excluding hydrogens is 263 g/mol. The Kier molecular flexibility index (Phi) is 4.23. The summed E-state index contributed by atoms with van der Waals surface area (Å²) in [7, 11) is 0. The van der Waals surface area contributed by atoms with Gasteiger partial charge < -0.3 is 0 Å². The second kappa shape index (κ2) is 5.90. The van der Waals surface area contributed by atoms with Crippen molar-refractivity contribution in [1.29, 1.82) is 0 Å². The molecule has 0 spiro atoms. The zero-order valence-corrected chi connectivity index (χ0v) is 10.9. The third kappa shape index (κ3) is 3.47. The van der Waals surface area contributed by atoms with Gasteiger partial charge in [0.2, 0.25) is 0 Å². The summed E-state index contributed by atoms with van der Waals surface area (Å²) < 4.78 is 39.5. The average molecular weight is 277 g/mol. The van der Waals surface area contributed by atoms with E-state index in [4.69, 9.17) is 0 Å². The third-order valence-corrected chi connectivity index (χ3v) is 2.92. The molecule has 0 radical (unpaired) electrons. The van der Waals surface area contributed by atoms with Gasteiger partial charge in [-0.25, -0.2) is 0 Å². The van der Waals surface area contributed by atoms with Crippen LogP contribution in [-0.4, -0.2) is 11.9 Å². The maximum atomic E-state index is 13.2. The van der Waals surface area contributed by atoms with E-state index in [1.807, 2.05) is 6.07 Å². The molecule has 0 heterocycles. The fraction of sp³-hybridized carbons (Fsp3) is 0.188. The Morgan fingerprint density at radius 1 is 0.900 bits per heavy atom. The number of hydrogen-bond donors (Lipinski definition) is 0. The number of hydrogen-bond acceptors (Lipinski definition) is 1. The molecule has 0 aromatic heterocycles. The highest BCUT2D eigenvalue weighted by Crippen LogP contribution is 2.26. The van der Waals surface area contributed by atoms with Crippen molar-refractivity contribution in [2.24, 2.45) is 4.99 Å². The first-order valence-electron chi connectivity index (χ1n) is 6.24. The number of alkyl halides is 3. The molecule has 1 nitrogen and oxygen atoms in total. The SMILES string of the molecule is C[C@H](/N=C(\c1ccccc1)C(F)(F)F)c1ccccc1. The van der Waals surface area contributed by atoms with E-state index in [1.165, 1.54) is 12.1 Å². The van der Waals surface area contributed by atoms with E-state index in [0.717, 1.165) is 5.56 Å². The van der Waals surface area contributed by atoms with E-state index in [-0.39, 0.29) is 5.56 Å². The van der Waals surface area contributed by atoms with Crippen LogP contribution < -0.4 is 0 Å². The summed E-state index contributed by atoms with van der Waals surface area (Å²) in [6, 6.07) is 16.1. The molecule has 20 heavy (non-hydrogen) atoms. The van der Waals surface area contributed by atoms with Crippen LogP contribution in [0, 0.1) is 0 Å². The molecule has 104 valence electrons. The monoisotopic (exact) mass is 277 g/mol. The van der Waals surface area contributed by atoms with Gasteiger partial charge in [-0.15, -0.1) is 0 Å². The minimum absolute atomic E-state index is 0.0859. The number of nitrogens with zero attached hydrogens (tertiary/aromatic N) is 1. The molecule has 2 aromatic carbocycles. The van der Waals surface area contributed by atoms with Crippen molar-refractivity contribution >= 4 is 5.71 Å². The quantitative estimate of drug-likeness (QED) is 0.715. The Morgan fingerprint density at radius 2 is 1.40 bits per heavy atom. The van der Waals surface area contributed by atoms with Crippen molar-refractivity contribution in [2.45, 2.75) is 19.1 Å². The minimum Gasteiger partial charge on any atom is -0.272 e. The van der Waals surface area contributed by atoms with Gasteiger partial charge in [-0.05, 0) is 12.5 Å². The van der Waals surface area contributed by atoms with Crippen LogP contribution in [0.1, 0.15) is 24.1 Å². The van der Waals surface area contributed by atoms with Crippen molar-refractivity contribution < 1.29 is 13.2 Å². The van der Waals surface area contributed by atoms with Crippen LogP contribution in [-0.2, 0) is 0 Å². The Balaban J connectivity index is 2.40. The average Bonchev–Trinajstić information content (AvgIpc) is 2.45. The van der Waals surface area contributed by atoms with E-state index < -0.39 is 17.9 Å². The highest BCUT2D eigenvalue weighted by molar-refractivity contribution is 6.04. The zero-order chi connectivity index (χ0) is 14.6. The van der Waals surface area contributed by atoms with Gasteiger partial charge in [0, 0.05) is 5.56 Å². The smallest absolute Gasteiger partial charge is 0.272 e. The maximum Gasteiger partial charge on any atom is 0.433 e. The van der Waals surface area contributed by atoms with E-state index in [1.54, 1.807) is 49.4 Å². The lowest BCUT2D eigenvalue weighted by molar-refractivity contribution is -0.0584. The third-order valence-electron chi connectivity index (χ3n) is 2.92. The molecule has 0 unspecified atom stereocenters. The van der Waals surface area contributed by atoms with Crippen LogP contribution >= 0.6 is 0 Å². The summed E-state index contributed by atoms with van der Waals surface area (Å²) in [6.07, 6.45) is -4.47. The second-order valence-corrected chi connectivity index (χ2v) is 4.43. The molecule has 0 aliphatic rings. The minimum atomic E-state index is -4.47. The van der Waals surface area contributed by atoms with Crippen LogP contribution in [0.4, 0.5) is 13.2 Å². The lowest BCUT2D eigenvalue weighted by Crippen LogP contribution is -2.24. The summed E-state index contributed by atoms with van der Waals surface area (Å²) in [5.74, 6) is 0. The van der Waals surface area contributed by atoms with Gasteiger partial charge in [0.1, 0.15) is 5.71 Å². The topological polar surface area (TPSA) is 12.4 Å². The molecule has 0 saturated heterocycles. The van der Waals surface area contributed by atoms with Crippen molar-refractivity contribution in [1.82, 2.24) is 0 Å².